The minimum absolute atomic E-state index is 0. The molecule has 8 aromatic carbocycles. The Kier molecular flexibility index (Phi) is 19.0. The van der Waals surface area contributed by atoms with Gasteiger partial charge in [-0.1, -0.05) is 89.6 Å². The molecular formula is C52H42CaCl2N6O12S2. The van der Waals surface area contributed by atoms with Crippen LogP contribution in [0.2, 0.25) is 10.0 Å². The van der Waals surface area contributed by atoms with Crippen molar-refractivity contribution in [1.82, 2.24) is 0 Å². The van der Waals surface area contributed by atoms with Gasteiger partial charge in [0.15, 0.2) is 5.75 Å². The quantitative estimate of drug-likeness (QED) is 0.0260. The number of fused-ring (bicyclic) bond motifs is 2. The molecule has 380 valence electrons. The number of rotatable bonds is 14. The molecule has 0 fully saturated rings. The van der Waals surface area contributed by atoms with Gasteiger partial charge >= 0.3 is 37.7 Å². The van der Waals surface area contributed by atoms with Crippen LogP contribution in [-0.2, 0) is 20.2 Å². The maximum absolute atomic E-state index is 13.4. The number of aryl methyl sites for hydroxylation is 2. The van der Waals surface area contributed by atoms with Gasteiger partial charge in [-0.05, 0) is 122 Å². The number of aromatic hydroxyl groups is 1. The molecule has 0 bridgehead atoms. The van der Waals surface area contributed by atoms with Gasteiger partial charge in [-0.3, -0.25) is 18.9 Å². The van der Waals surface area contributed by atoms with Crippen LogP contribution in [0.25, 0.3) is 21.5 Å². The zero-order valence-electron chi connectivity index (χ0n) is 40.1. The zero-order chi connectivity index (χ0) is 53.5. The van der Waals surface area contributed by atoms with Crippen LogP contribution >= 0.6 is 23.2 Å². The van der Waals surface area contributed by atoms with Crippen LogP contribution < -0.4 is 25.0 Å². The Hall–Kier alpha value is -6.72. The first-order valence-electron chi connectivity index (χ1n) is 22.1. The van der Waals surface area contributed by atoms with E-state index in [1.165, 1.54) is 36.4 Å². The molecule has 0 atom stereocenters. The summed E-state index contributed by atoms with van der Waals surface area (Å²) < 4.78 is 76.6. The third kappa shape index (κ3) is 14.0. The number of nitrogens with one attached hydrogen (secondary N) is 1. The Morgan fingerprint density at radius 3 is 1.64 bits per heavy atom. The Bertz CT molecular complexity index is 3830. The predicted molar refractivity (Wildman–Crippen MR) is 284 cm³/mol. The van der Waals surface area contributed by atoms with Crippen LogP contribution in [0.1, 0.15) is 40.9 Å². The molecule has 0 spiro atoms. The smallest absolute Gasteiger partial charge is 0.871 e. The van der Waals surface area contributed by atoms with E-state index in [0.29, 0.717) is 68.8 Å². The molecule has 18 nitrogen and oxygen atoms in total. The summed E-state index contributed by atoms with van der Waals surface area (Å²) in [5.41, 5.74) is 1.13. The number of hydrogen-bond acceptors (Lipinski definition) is 15. The van der Waals surface area contributed by atoms with Crippen molar-refractivity contribution < 1.29 is 55.5 Å². The Balaban J connectivity index is 0.000000241. The summed E-state index contributed by atoms with van der Waals surface area (Å²) >= 11 is 12.3. The first-order valence-corrected chi connectivity index (χ1v) is 25.7. The van der Waals surface area contributed by atoms with Gasteiger partial charge in [0.1, 0.15) is 38.4 Å². The fraction of sp³-hybridized carbons (Fsp3) is 0.115. The van der Waals surface area contributed by atoms with Gasteiger partial charge in [0.05, 0.1) is 40.2 Å². The molecule has 0 saturated heterocycles. The standard InChI is InChI=1S/2C26H22ClN3O6S.Ca/c2*1-3-36-18-9-6-8-17(14-18)28-26(32)20-13-16-7-4-5-10-19(16)24(25(20)31)30-29-21-11-15(2)12-22(23(21)27)37(33,34)35;/h2*4-14,31H,3H2,1-2H3,(H,28,32)(H,33,34,35);/q;;+2/p-2. The van der Waals surface area contributed by atoms with E-state index >= 15 is 0 Å². The maximum atomic E-state index is 13.4. The summed E-state index contributed by atoms with van der Waals surface area (Å²) in [5, 5.41) is 57.8. The molecule has 0 aromatic heterocycles. The average Bonchev–Trinajstić information content (AvgIpc) is 3.34. The van der Waals surface area contributed by atoms with Gasteiger partial charge in [0, 0.05) is 28.6 Å². The summed E-state index contributed by atoms with van der Waals surface area (Å²) in [6.07, 6.45) is 0. The van der Waals surface area contributed by atoms with Crippen molar-refractivity contribution >= 4 is 149 Å². The maximum Gasteiger partial charge on any atom is 2.00 e. The molecule has 0 aliphatic heterocycles. The first-order chi connectivity index (χ1) is 35.2. The van der Waals surface area contributed by atoms with Gasteiger partial charge in [-0.25, -0.2) is 0 Å². The van der Waals surface area contributed by atoms with Crippen LogP contribution in [0, 0.1) is 13.8 Å². The number of anilines is 1. The Labute approximate surface area is 470 Å². The number of nitrogens with zero attached hydrogens (tertiary/aromatic N) is 5. The SMILES string of the molecule is CCOc1cccc(N=C([O-])c2cc3ccccc3c(N=Nc3cc(C)cc(S(=O)(=O)O)c3Cl)c2[O-])c1.CCOc1cccc(NC(=O)c2cc3ccccc3c(N=Nc3cc(C)cc(S(=O)(=O)O)c3Cl)c2O)c1.[Ca+2]. The number of benzene rings is 8. The molecule has 23 heteroatoms. The van der Waals surface area contributed by atoms with Gasteiger partial charge in [-0.2, -0.15) is 21.9 Å². The molecule has 0 unspecified atom stereocenters. The van der Waals surface area contributed by atoms with E-state index in [0.717, 1.165) is 0 Å². The van der Waals surface area contributed by atoms with Crippen LogP contribution in [0.3, 0.4) is 0 Å². The minimum Gasteiger partial charge on any atom is -0.871 e. The zero-order valence-corrected chi connectivity index (χ0v) is 45.5. The number of azo groups is 2. The van der Waals surface area contributed by atoms with Gasteiger partial charge in [0.2, 0.25) is 0 Å². The molecule has 0 heterocycles. The molecule has 0 saturated carbocycles. The van der Waals surface area contributed by atoms with Crippen molar-refractivity contribution in [2.24, 2.45) is 25.4 Å². The normalized spacial score (nSPS) is 11.9. The topological polar surface area (TPSA) is 284 Å². The van der Waals surface area contributed by atoms with E-state index in [9.17, 15) is 46.1 Å². The summed E-state index contributed by atoms with van der Waals surface area (Å²) in [5.74, 6) is -1.39. The number of halogens is 2. The number of phenolic OH excluding ortho intramolecular Hbond substituents is 1. The third-order valence-electron chi connectivity index (χ3n) is 10.6. The number of carbonyl (C=O) groups is 1. The molecular weight excluding hydrogens is 1080 g/mol. The van der Waals surface area contributed by atoms with Crippen LogP contribution in [0.4, 0.5) is 34.1 Å². The Morgan fingerprint density at radius 1 is 0.627 bits per heavy atom. The second-order valence-corrected chi connectivity index (χ2v) is 19.5. The number of aliphatic imine (C=N–C) groups is 1. The minimum atomic E-state index is -4.62. The number of carbonyl (C=O) groups excluding carboxylic acids is 1. The summed E-state index contributed by atoms with van der Waals surface area (Å²) in [6, 6.07) is 35.4. The van der Waals surface area contributed by atoms with Crippen molar-refractivity contribution in [2.45, 2.75) is 37.5 Å². The van der Waals surface area contributed by atoms with Crippen LogP contribution in [-0.4, -0.2) is 93.8 Å². The fourth-order valence-electron chi connectivity index (χ4n) is 7.34. The summed E-state index contributed by atoms with van der Waals surface area (Å²) in [4.78, 5) is 16.1. The monoisotopic (exact) mass is 1120 g/mol. The molecule has 8 aromatic rings. The van der Waals surface area contributed by atoms with Crippen molar-refractivity contribution in [3.63, 3.8) is 0 Å². The molecule has 1 amide bonds. The Morgan fingerprint density at radius 2 is 1.11 bits per heavy atom. The fourth-order valence-corrected chi connectivity index (χ4v) is 9.55. The van der Waals surface area contributed by atoms with E-state index in [1.807, 2.05) is 13.8 Å². The van der Waals surface area contributed by atoms with Gasteiger partial charge in [-0.15, -0.1) is 15.3 Å². The largest absolute Gasteiger partial charge is 2.00 e. The van der Waals surface area contributed by atoms with Gasteiger partial charge < -0.3 is 30.1 Å². The molecule has 4 N–H and O–H groups in total. The predicted octanol–water partition coefficient (Wildman–Crippen LogP) is 11.8. The molecule has 0 radical (unpaired) electrons. The molecule has 0 aliphatic rings. The van der Waals surface area contributed by atoms with Crippen molar-refractivity contribution in [1.29, 1.82) is 0 Å². The average molecular weight is 1120 g/mol. The van der Waals surface area contributed by atoms with Crippen LogP contribution in [0.5, 0.6) is 23.0 Å². The van der Waals surface area contributed by atoms with E-state index in [4.69, 9.17) is 32.7 Å². The van der Waals surface area contributed by atoms with E-state index < -0.39 is 53.3 Å². The molecule has 8 rings (SSSR count). The van der Waals surface area contributed by atoms with Crippen LogP contribution in [0.15, 0.2) is 169 Å². The third-order valence-corrected chi connectivity index (χ3v) is 13.4. The number of amides is 1. The number of hydrogen-bond donors (Lipinski definition) is 4. The molecule has 75 heavy (non-hydrogen) atoms. The summed E-state index contributed by atoms with van der Waals surface area (Å²) in [6.45, 7) is 7.77. The van der Waals surface area contributed by atoms with E-state index in [2.05, 4.69) is 30.8 Å². The number of ether oxygens (including phenoxy) is 2. The van der Waals surface area contributed by atoms with Crippen molar-refractivity contribution in [3.05, 3.63) is 166 Å². The molecule has 0 aliphatic carbocycles. The second-order valence-electron chi connectivity index (χ2n) is 16.0. The first kappa shape index (κ1) is 57.6. The van der Waals surface area contributed by atoms with Gasteiger partial charge in [0.25, 0.3) is 26.1 Å². The van der Waals surface area contributed by atoms with Crippen molar-refractivity contribution in [3.8, 4) is 23.0 Å². The van der Waals surface area contributed by atoms with E-state index in [-0.39, 0.29) is 81.7 Å². The van der Waals surface area contributed by atoms with Crippen molar-refractivity contribution in [2.75, 3.05) is 18.5 Å². The van der Waals surface area contributed by atoms with E-state index in [1.54, 1.807) is 111 Å². The number of phenols is 1. The summed E-state index contributed by atoms with van der Waals surface area (Å²) in [7, 11) is -9.22. The second kappa shape index (κ2) is 24.7.